The van der Waals surface area contributed by atoms with E-state index >= 15 is 0 Å². The van der Waals surface area contributed by atoms with Crippen molar-refractivity contribution >= 4 is 11.8 Å². The van der Waals surface area contributed by atoms with Crippen molar-refractivity contribution in [3.63, 3.8) is 0 Å². The second-order valence-corrected chi connectivity index (χ2v) is 6.05. The van der Waals surface area contributed by atoms with Crippen molar-refractivity contribution in [2.45, 2.75) is 55.5 Å². The summed E-state index contributed by atoms with van der Waals surface area (Å²) in [5.74, 6) is 0. The van der Waals surface area contributed by atoms with Crippen molar-refractivity contribution in [3.8, 4) is 0 Å². The van der Waals surface area contributed by atoms with Crippen molar-refractivity contribution in [1.82, 2.24) is 20.1 Å². The lowest BCUT2D eigenvalue weighted by molar-refractivity contribution is 0.381. The average Bonchev–Trinajstić information content (AvgIpc) is 2.73. The molecule has 1 N–H and O–H groups in total. The monoisotopic (exact) mass is 254 g/mol. The van der Waals surface area contributed by atoms with Gasteiger partial charge in [0.15, 0.2) is 5.16 Å². The molecule has 0 spiro atoms. The first-order valence-electron chi connectivity index (χ1n) is 6.53. The molecule has 0 radical (unpaired) electrons. The van der Waals surface area contributed by atoms with Crippen LogP contribution in [0.15, 0.2) is 11.5 Å². The number of aromatic nitrogens is 3. The van der Waals surface area contributed by atoms with Gasteiger partial charge in [-0.2, -0.15) is 0 Å². The van der Waals surface area contributed by atoms with Crippen LogP contribution in [0.4, 0.5) is 0 Å². The molecule has 1 aliphatic carbocycles. The van der Waals surface area contributed by atoms with Gasteiger partial charge in [0.05, 0.1) is 0 Å². The van der Waals surface area contributed by atoms with E-state index in [0.29, 0.717) is 11.3 Å². The fourth-order valence-electron chi connectivity index (χ4n) is 2.31. The summed E-state index contributed by atoms with van der Waals surface area (Å²) in [6.45, 7) is 3.37. The maximum absolute atomic E-state index is 4.15. The molecule has 0 aromatic carbocycles. The first-order valence-corrected chi connectivity index (χ1v) is 7.41. The van der Waals surface area contributed by atoms with Gasteiger partial charge in [-0.05, 0) is 32.2 Å². The minimum absolute atomic E-state index is 0.695. The Labute approximate surface area is 108 Å². The lowest BCUT2D eigenvalue weighted by Crippen LogP contribution is -2.35. The van der Waals surface area contributed by atoms with Gasteiger partial charge >= 0.3 is 0 Å². The summed E-state index contributed by atoms with van der Waals surface area (Å²) in [7, 11) is 2.01. The molecule has 1 aromatic heterocycles. The van der Waals surface area contributed by atoms with Crippen molar-refractivity contribution in [1.29, 1.82) is 0 Å². The Morgan fingerprint density at radius 2 is 2.41 bits per heavy atom. The van der Waals surface area contributed by atoms with Crippen molar-refractivity contribution < 1.29 is 0 Å². The third-order valence-corrected chi connectivity index (χ3v) is 4.59. The predicted octanol–water partition coefficient (Wildman–Crippen LogP) is 2.22. The Morgan fingerprint density at radius 1 is 1.53 bits per heavy atom. The molecule has 0 bridgehead atoms. The number of rotatable bonds is 5. The molecular formula is C12H22N4S. The third kappa shape index (κ3) is 3.71. The van der Waals surface area contributed by atoms with Crippen LogP contribution < -0.4 is 5.32 Å². The second kappa shape index (κ2) is 6.40. The van der Waals surface area contributed by atoms with E-state index in [0.717, 1.165) is 11.7 Å². The lowest BCUT2D eigenvalue weighted by Gasteiger charge is -2.29. The molecule has 1 aromatic rings. The first kappa shape index (κ1) is 12.9. The third-order valence-electron chi connectivity index (χ3n) is 3.25. The van der Waals surface area contributed by atoms with Gasteiger partial charge in [0.2, 0.25) is 0 Å². The highest BCUT2D eigenvalue weighted by molar-refractivity contribution is 7.99. The molecule has 4 nitrogen and oxygen atoms in total. The molecule has 0 aliphatic heterocycles. The van der Waals surface area contributed by atoms with E-state index in [9.17, 15) is 0 Å². The molecule has 1 heterocycles. The summed E-state index contributed by atoms with van der Waals surface area (Å²) >= 11 is 1.88. The molecule has 1 aliphatic rings. The number of nitrogens with one attached hydrogen (secondary N) is 1. The molecule has 96 valence electrons. The van der Waals surface area contributed by atoms with Gasteiger partial charge in [-0.1, -0.05) is 25.1 Å². The van der Waals surface area contributed by atoms with Gasteiger partial charge in [0.1, 0.15) is 6.33 Å². The minimum atomic E-state index is 0.695. The number of hydrogen-bond donors (Lipinski definition) is 1. The molecule has 2 atom stereocenters. The quantitative estimate of drug-likeness (QED) is 0.875. The maximum Gasteiger partial charge on any atom is 0.191 e. The fraction of sp³-hybridized carbons (Fsp3) is 0.833. The van der Waals surface area contributed by atoms with Crippen molar-refractivity contribution in [3.05, 3.63) is 6.33 Å². The number of aryl methyl sites for hydroxylation is 1. The summed E-state index contributed by atoms with van der Waals surface area (Å²) in [4.78, 5) is 0. The first-order chi connectivity index (χ1) is 8.29. The van der Waals surface area contributed by atoms with Crippen LogP contribution in [0.2, 0.25) is 0 Å². The smallest absolute Gasteiger partial charge is 0.191 e. The fourth-order valence-corrected chi connectivity index (χ4v) is 3.53. The van der Waals surface area contributed by atoms with E-state index in [2.05, 4.69) is 22.4 Å². The van der Waals surface area contributed by atoms with E-state index in [1.165, 1.54) is 32.1 Å². The van der Waals surface area contributed by atoms with E-state index in [-0.39, 0.29) is 0 Å². The van der Waals surface area contributed by atoms with E-state index < -0.39 is 0 Å². The van der Waals surface area contributed by atoms with Crippen LogP contribution >= 0.6 is 11.8 Å². The average molecular weight is 254 g/mol. The van der Waals surface area contributed by atoms with E-state index in [1.807, 2.05) is 23.4 Å². The highest BCUT2D eigenvalue weighted by Crippen LogP contribution is 2.32. The molecule has 5 heteroatoms. The standard InChI is InChI=1S/C12H22N4S/c1-3-7-13-10-5-4-6-11(8-10)17-12-15-14-9-16(12)2/h9-11,13H,3-8H2,1-2H3. The normalized spacial score (nSPS) is 25.1. The van der Waals surface area contributed by atoms with Crippen LogP contribution in [-0.4, -0.2) is 32.6 Å². The van der Waals surface area contributed by atoms with Gasteiger partial charge in [-0.25, -0.2) is 0 Å². The van der Waals surface area contributed by atoms with E-state index in [1.54, 1.807) is 6.33 Å². The number of nitrogens with zero attached hydrogens (tertiary/aromatic N) is 3. The molecule has 2 rings (SSSR count). The van der Waals surface area contributed by atoms with Crippen molar-refractivity contribution in [2.24, 2.45) is 7.05 Å². The summed E-state index contributed by atoms with van der Waals surface area (Å²) in [5.41, 5.74) is 0. The van der Waals surface area contributed by atoms with Crippen LogP contribution in [-0.2, 0) is 7.05 Å². The highest BCUT2D eigenvalue weighted by atomic mass is 32.2. The zero-order valence-electron chi connectivity index (χ0n) is 10.7. The second-order valence-electron chi connectivity index (χ2n) is 4.78. The van der Waals surface area contributed by atoms with Crippen molar-refractivity contribution in [2.75, 3.05) is 6.54 Å². The number of hydrogen-bond acceptors (Lipinski definition) is 4. The summed E-state index contributed by atoms with van der Waals surface area (Å²) in [5, 5.41) is 13.5. The van der Waals surface area contributed by atoms with Gasteiger partial charge in [-0.3, -0.25) is 0 Å². The summed E-state index contributed by atoms with van der Waals surface area (Å²) < 4.78 is 2.01. The minimum Gasteiger partial charge on any atom is -0.314 e. The molecule has 2 unspecified atom stereocenters. The largest absolute Gasteiger partial charge is 0.314 e. The zero-order chi connectivity index (χ0) is 12.1. The Kier molecular flexibility index (Phi) is 4.86. The van der Waals surface area contributed by atoms with Gasteiger partial charge in [0.25, 0.3) is 0 Å². The van der Waals surface area contributed by atoms with Crippen LogP contribution in [0.3, 0.4) is 0 Å². The molecule has 1 saturated carbocycles. The Bertz CT molecular complexity index is 339. The van der Waals surface area contributed by atoms with Crippen LogP contribution in [0, 0.1) is 0 Å². The molecule has 0 amide bonds. The van der Waals surface area contributed by atoms with E-state index in [4.69, 9.17) is 0 Å². The number of thioether (sulfide) groups is 1. The zero-order valence-corrected chi connectivity index (χ0v) is 11.5. The molecule has 1 fully saturated rings. The topological polar surface area (TPSA) is 42.7 Å². The van der Waals surface area contributed by atoms with Gasteiger partial charge in [0, 0.05) is 18.3 Å². The molecule has 17 heavy (non-hydrogen) atoms. The van der Waals surface area contributed by atoms with Crippen LogP contribution in [0.1, 0.15) is 39.0 Å². The van der Waals surface area contributed by atoms with Crippen LogP contribution in [0.25, 0.3) is 0 Å². The SMILES string of the molecule is CCCNC1CCCC(Sc2nncn2C)C1. The van der Waals surface area contributed by atoms with Gasteiger partial charge in [-0.15, -0.1) is 10.2 Å². The van der Waals surface area contributed by atoms with Gasteiger partial charge < -0.3 is 9.88 Å². The molecular weight excluding hydrogens is 232 g/mol. The Morgan fingerprint density at radius 3 is 3.12 bits per heavy atom. The molecule has 0 saturated heterocycles. The van der Waals surface area contributed by atoms with Crippen LogP contribution in [0.5, 0.6) is 0 Å². The summed E-state index contributed by atoms with van der Waals surface area (Å²) in [6, 6.07) is 0.703. The highest BCUT2D eigenvalue weighted by Gasteiger charge is 2.23. The lowest BCUT2D eigenvalue weighted by atomic mass is 9.95. The summed E-state index contributed by atoms with van der Waals surface area (Å²) in [6.07, 6.45) is 8.22. The Hall–Kier alpha value is -0.550. The maximum atomic E-state index is 4.15. The Balaban J connectivity index is 1.83. The predicted molar refractivity (Wildman–Crippen MR) is 71.2 cm³/mol.